The minimum absolute atomic E-state index is 0.311. The standard InChI is InChI=1S/C12H24N2O/c1-13(2)8-9-14(3)10-11-6-4-5-7-12(11)15/h11H,4-10H2,1-3H3. The first-order valence-electron chi connectivity index (χ1n) is 5.95. The summed E-state index contributed by atoms with van der Waals surface area (Å²) in [6, 6.07) is 0. The first-order chi connectivity index (χ1) is 7.09. The Hall–Kier alpha value is -0.410. The Morgan fingerprint density at radius 1 is 1.20 bits per heavy atom. The van der Waals surface area contributed by atoms with Gasteiger partial charge in [0.05, 0.1) is 0 Å². The van der Waals surface area contributed by atoms with E-state index >= 15 is 0 Å². The van der Waals surface area contributed by atoms with Crippen LogP contribution in [0, 0.1) is 5.92 Å². The zero-order chi connectivity index (χ0) is 11.3. The van der Waals surface area contributed by atoms with Crippen LogP contribution in [-0.2, 0) is 4.79 Å². The Labute approximate surface area is 93.4 Å². The number of rotatable bonds is 5. The molecule has 0 N–H and O–H groups in total. The van der Waals surface area contributed by atoms with Gasteiger partial charge in [-0.1, -0.05) is 6.42 Å². The van der Waals surface area contributed by atoms with Crippen molar-refractivity contribution in [2.45, 2.75) is 25.7 Å². The van der Waals surface area contributed by atoms with E-state index in [1.807, 2.05) is 0 Å². The quantitative estimate of drug-likeness (QED) is 0.685. The number of hydrogen-bond acceptors (Lipinski definition) is 3. The van der Waals surface area contributed by atoms with E-state index in [0.717, 1.165) is 38.9 Å². The summed E-state index contributed by atoms with van der Waals surface area (Å²) in [6.07, 6.45) is 4.26. The molecule has 3 nitrogen and oxygen atoms in total. The van der Waals surface area contributed by atoms with Crippen LogP contribution in [0.4, 0.5) is 0 Å². The fourth-order valence-electron chi connectivity index (χ4n) is 2.09. The fraction of sp³-hybridized carbons (Fsp3) is 0.917. The molecule has 0 aromatic heterocycles. The molecular weight excluding hydrogens is 188 g/mol. The number of nitrogens with zero attached hydrogens (tertiary/aromatic N) is 2. The van der Waals surface area contributed by atoms with Gasteiger partial charge in [0.2, 0.25) is 0 Å². The molecule has 0 spiro atoms. The summed E-state index contributed by atoms with van der Waals surface area (Å²) in [6.45, 7) is 3.07. The van der Waals surface area contributed by atoms with Gasteiger partial charge >= 0.3 is 0 Å². The zero-order valence-electron chi connectivity index (χ0n) is 10.3. The number of ketones is 1. The first kappa shape index (κ1) is 12.7. The van der Waals surface area contributed by atoms with Crippen LogP contribution < -0.4 is 0 Å². The van der Waals surface area contributed by atoms with E-state index in [0.29, 0.717) is 11.7 Å². The minimum atomic E-state index is 0.311. The van der Waals surface area contributed by atoms with Crippen LogP contribution in [-0.4, -0.2) is 56.4 Å². The second kappa shape index (κ2) is 6.23. The molecule has 0 aromatic carbocycles. The van der Waals surface area contributed by atoms with Gasteiger partial charge in [0.25, 0.3) is 0 Å². The van der Waals surface area contributed by atoms with Crippen molar-refractivity contribution in [1.82, 2.24) is 9.80 Å². The Balaban J connectivity index is 2.23. The molecule has 15 heavy (non-hydrogen) atoms. The molecule has 88 valence electrons. The van der Waals surface area contributed by atoms with Gasteiger partial charge in [-0.15, -0.1) is 0 Å². The van der Waals surface area contributed by atoms with Crippen LogP contribution in [0.5, 0.6) is 0 Å². The third-order valence-corrected chi connectivity index (χ3v) is 3.14. The fourth-order valence-corrected chi connectivity index (χ4v) is 2.09. The Morgan fingerprint density at radius 3 is 2.53 bits per heavy atom. The van der Waals surface area contributed by atoms with Crippen molar-refractivity contribution in [3.63, 3.8) is 0 Å². The molecule has 1 aliphatic carbocycles. The Kier molecular flexibility index (Phi) is 5.26. The van der Waals surface area contributed by atoms with E-state index in [2.05, 4.69) is 30.9 Å². The highest BCUT2D eigenvalue weighted by Gasteiger charge is 2.22. The van der Waals surface area contributed by atoms with Crippen molar-refractivity contribution >= 4 is 5.78 Å². The lowest BCUT2D eigenvalue weighted by Crippen LogP contribution is -2.36. The van der Waals surface area contributed by atoms with E-state index in [4.69, 9.17) is 0 Å². The van der Waals surface area contributed by atoms with Gasteiger partial charge in [0.15, 0.2) is 0 Å². The van der Waals surface area contributed by atoms with Gasteiger partial charge in [0.1, 0.15) is 5.78 Å². The van der Waals surface area contributed by atoms with Crippen molar-refractivity contribution in [2.24, 2.45) is 5.92 Å². The van der Waals surface area contributed by atoms with Crippen molar-refractivity contribution < 1.29 is 4.79 Å². The first-order valence-corrected chi connectivity index (χ1v) is 5.95. The van der Waals surface area contributed by atoms with E-state index in [1.54, 1.807) is 0 Å². The molecule has 0 radical (unpaired) electrons. The van der Waals surface area contributed by atoms with Crippen LogP contribution in [0.3, 0.4) is 0 Å². The lowest BCUT2D eigenvalue weighted by molar-refractivity contribution is -0.125. The number of hydrogen-bond donors (Lipinski definition) is 0. The molecule has 1 saturated carbocycles. The predicted molar refractivity (Wildman–Crippen MR) is 63.0 cm³/mol. The van der Waals surface area contributed by atoms with E-state index in [-0.39, 0.29) is 0 Å². The molecule has 1 fully saturated rings. The highest BCUT2D eigenvalue weighted by atomic mass is 16.1. The number of likely N-dealkylation sites (N-methyl/N-ethyl adjacent to an activating group) is 2. The molecular formula is C12H24N2O. The molecule has 0 saturated heterocycles. The molecule has 0 aromatic rings. The second-order valence-electron chi connectivity index (χ2n) is 4.97. The van der Waals surface area contributed by atoms with Gasteiger partial charge in [-0.2, -0.15) is 0 Å². The van der Waals surface area contributed by atoms with E-state index in [1.165, 1.54) is 6.42 Å². The smallest absolute Gasteiger partial charge is 0.137 e. The van der Waals surface area contributed by atoms with Crippen LogP contribution >= 0.6 is 0 Å². The molecule has 0 aliphatic heterocycles. The summed E-state index contributed by atoms with van der Waals surface area (Å²) in [4.78, 5) is 16.1. The maximum absolute atomic E-state index is 11.6. The molecule has 3 heteroatoms. The Bertz CT molecular complexity index is 204. The maximum Gasteiger partial charge on any atom is 0.137 e. The summed E-state index contributed by atoms with van der Waals surface area (Å²) in [5.41, 5.74) is 0. The largest absolute Gasteiger partial charge is 0.308 e. The average Bonchev–Trinajstić information content (AvgIpc) is 2.18. The summed E-state index contributed by atoms with van der Waals surface area (Å²) < 4.78 is 0. The van der Waals surface area contributed by atoms with Crippen LogP contribution in [0.1, 0.15) is 25.7 Å². The third kappa shape index (κ3) is 4.76. The molecule has 1 unspecified atom stereocenters. The lowest BCUT2D eigenvalue weighted by Gasteiger charge is -2.26. The number of carbonyl (C=O) groups excluding carboxylic acids is 1. The van der Waals surface area contributed by atoms with Crippen molar-refractivity contribution in [2.75, 3.05) is 40.8 Å². The van der Waals surface area contributed by atoms with Crippen molar-refractivity contribution in [3.8, 4) is 0 Å². The number of Topliss-reactive ketones (excluding diaryl/α,β-unsaturated/α-hetero) is 1. The molecule has 1 aliphatic rings. The highest BCUT2D eigenvalue weighted by Crippen LogP contribution is 2.20. The summed E-state index contributed by atoms with van der Waals surface area (Å²) >= 11 is 0. The molecule has 1 atom stereocenters. The summed E-state index contributed by atoms with van der Waals surface area (Å²) in [5.74, 6) is 0.795. The van der Waals surface area contributed by atoms with Crippen LogP contribution in [0.15, 0.2) is 0 Å². The topological polar surface area (TPSA) is 23.6 Å². The molecule has 0 heterocycles. The predicted octanol–water partition coefficient (Wildman–Crippen LogP) is 1.24. The Morgan fingerprint density at radius 2 is 1.93 bits per heavy atom. The van der Waals surface area contributed by atoms with E-state index < -0.39 is 0 Å². The second-order valence-corrected chi connectivity index (χ2v) is 4.97. The molecule has 0 amide bonds. The van der Waals surface area contributed by atoms with Gasteiger partial charge in [-0.3, -0.25) is 4.79 Å². The summed E-state index contributed by atoms with van der Waals surface area (Å²) in [5, 5.41) is 0. The van der Waals surface area contributed by atoms with Crippen molar-refractivity contribution in [3.05, 3.63) is 0 Å². The van der Waals surface area contributed by atoms with E-state index in [9.17, 15) is 4.79 Å². The molecule has 0 bridgehead atoms. The SMILES string of the molecule is CN(C)CCN(C)CC1CCCCC1=O. The molecule has 1 rings (SSSR count). The zero-order valence-corrected chi connectivity index (χ0v) is 10.3. The average molecular weight is 212 g/mol. The monoisotopic (exact) mass is 212 g/mol. The maximum atomic E-state index is 11.6. The lowest BCUT2D eigenvalue weighted by atomic mass is 9.88. The van der Waals surface area contributed by atoms with Gasteiger partial charge in [-0.25, -0.2) is 0 Å². The third-order valence-electron chi connectivity index (χ3n) is 3.14. The van der Waals surface area contributed by atoms with Gasteiger partial charge in [-0.05, 0) is 34.0 Å². The van der Waals surface area contributed by atoms with Crippen LogP contribution in [0.25, 0.3) is 0 Å². The normalized spacial score (nSPS) is 22.7. The van der Waals surface area contributed by atoms with Crippen LogP contribution in [0.2, 0.25) is 0 Å². The number of carbonyl (C=O) groups is 1. The van der Waals surface area contributed by atoms with Gasteiger partial charge in [0, 0.05) is 32.0 Å². The highest BCUT2D eigenvalue weighted by molar-refractivity contribution is 5.81. The summed E-state index contributed by atoms with van der Waals surface area (Å²) in [7, 11) is 6.28. The minimum Gasteiger partial charge on any atom is -0.308 e. The van der Waals surface area contributed by atoms with Crippen molar-refractivity contribution in [1.29, 1.82) is 0 Å². The van der Waals surface area contributed by atoms with Gasteiger partial charge < -0.3 is 9.80 Å².